The molecule has 3 N–H and O–H groups in total. The van der Waals surface area contributed by atoms with Crippen molar-refractivity contribution in [3.63, 3.8) is 0 Å². The lowest BCUT2D eigenvalue weighted by Gasteiger charge is -2.13. The molecule has 0 saturated carbocycles. The molecule has 98 valence electrons. The molecule has 0 aromatic heterocycles. The highest BCUT2D eigenvalue weighted by Crippen LogP contribution is 2.20. The number of nitrogens with one attached hydrogen (secondary N) is 2. The first-order valence-electron chi connectivity index (χ1n) is 5.43. The highest BCUT2D eigenvalue weighted by atomic mass is 16.4. The van der Waals surface area contributed by atoms with Gasteiger partial charge in [0.2, 0.25) is 5.91 Å². The molecule has 0 atom stereocenters. The Morgan fingerprint density at radius 3 is 2.50 bits per heavy atom. The average molecular weight is 251 g/mol. The lowest BCUT2D eigenvalue weighted by Crippen LogP contribution is -2.27. The van der Waals surface area contributed by atoms with E-state index in [1.807, 2.05) is 6.92 Å². The quantitative estimate of drug-likeness (QED) is 0.759. The minimum Gasteiger partial charge on any atom is -0.465 e. The first-order valence-corrected chi connectivity index (χ1v) is 5.43. The minimum absolute atomic E-state index is 0.143. The SMILES string of the molecule is Cc1ccc(NC(=O)O)cc1NC(=O)CN(C)C. The molecule has 0 radical (unpaired) electrons. The van der Waals surface area contributed by atoms with Crippen molar-refractivity contribution in [2.75, 3.05) is 31.3 Å². The zero-order valence-corrected chi connectivity index (χ0v) is 10.7. The number of carbonyl (C=O) groups is 2. The van der Waals surface area contributed by atoms with Gasteiger partial charge in [-0.3, -0.25) is 10.1 Å². The topological polar surface area (TPSA) is 81.7 Å². The third kappa shape index (κ3) is 4.42. The van der Waals surface area contributed by atoms with E-state index in [0.29, 0.717) is 11.4 Å². The zero-order valence-electron chi connectivity index (χ0n) is 10.7. The van der Waals surface area contributed by atoms with E-state index in [-0.39, 0.29) is 12.5 Å². The predicted octanol–water partition coefficient (Wildman–Crippen LogP) is 1.59. The van der Waals surface area contributed by atoms with E-state index < -0.39 is 6.09 Å². The summed E-state index contributed by atoms with van der Waals surface area (Å²) in [5.41, 5.74) is 1.90. The van der Waals surface area contributed by atoms with Crippen LogP contribution < -0.4 is 10.6 Å². The lowest BCUT2D eigenvalue weighted by molar-refractivity contribution is -0.116. The molecule has 6 heteroatoms. The van der Waals surface area contributed by atoms with Crippen LogP contribution in [-0.2, 0) is 4.79 Å². The fourth-order valence-corrected chi connectivity index (χ4v) is 1.43. The molecular formula is C12H17N3O3. The average Bonchev–Trinajstić information content (AvgIpc) is 2.21. The summed E-state index contributed by atoms with van der Waals surface area (Å²) >= 11 is 0. The second-order valence-corrected chi connectivity index (χ2v) is 4.25. The minimum atomic E-state index is -1.13. The van der Waals surface area contributed by atoms with Gasteiger partial charge in [-0.25, -0.2) is 4.79 Å². The molecule has 0 aliphatic rings. The van der Waals surface area contributed by atoms with Gasteiger partial charge in [0, 0.05) is 11.4 Å². The van der Waals surface area contributed by atoms with Crippen LogP contribution in [0.3, 0.4) is 0 Å². The molecule has 0 saturated heterocycles. The van der Waals surface area contributed by atoms with Crippen LogP contribution in [0.5, 0.6) is 0 Å². The Bertz CT molecular complexity index is 458. The summed E-state index contributed by atoms with van der Waals surface area (Å²) in [6, 6.07) is 4.98. The normalized spacial score (nSPS) is 10.2. The van der Waals surface area contributed by atoms with Crippen LogP contribution in [0.25, 0.3) is 0 Å². The van der Waals surface area contributed by atoms with E-state index in [1.165, 1.54) is 0 Å². The van der Waals surface area contributed by atoms with Gasteiger partial charge >= 0.3 is 6.09 Å². The highest BCUT2D eigenvalue weighted by Gasteiger charge is 2.07. The van der Waals surface area contributed by atoms with Crippen molar-refractivity contribution in [1.82, 2.24) is 4.90 Å². The number of carboxylic acid groups (broad SMARTS) is 1. The van der Waals surface area contributed by atoms with Crippen LogP contribution in [0.15, 0.2) is 18.2 Å². The van der Waals surface area contributed by atoms with E-state index in [0.717, 1.165) is 5.56 Å². The Morgan fingerprint density at radius 2 is 1.94 bits per heavy atom. The van der Waals surface area contributed by atoms with Gasteiger partial charge in [-0.1, -0.05) is 6.07 Å². The molecule has 0 bridgehead atoms. The number of nitrogens with zero attached hydrogens (tertiary/aromatic N) is 1. The molecule has 0 spiro atoms. The van der Waals surface area contributed by atoms with Crippen molar-refractivity contribution in [3.8, 4) is 0 Å². The Labute approximate surface area is 106 Å². The molecule has 6 nitrogen and oxygen atoms in total. The number of hydrogen-bond donors (Lipinski definition) is 3. The van der Waals surface area contributed by atoms with E-state index >= 15 is 0 Å². The number of carbonyl (C=O) groups excluding carboxylic acids is 1. The fourth-order valence-electron chi connectivity index (χ4n) is 1.43. The molecule has 0 aliphatic heterocycles. The summed E-state index contributed by atoms with van der Waals surface area (Å²) in [7, 11) is 3.60. The first kappa shape index (κ1) is 14.0. The second kappa shape index (κ2) is 6.02. The predicted molar refractivity (Wildman–Crippen MR) is 70.0 cm³/mol. The van der Waals surface area contributed by atoms with Crippen LogP contribution in [0.1, 0.15) is 5.56 Å². The fraction of sp³-hybridized carbons (Fsp3) is 0.333. The van der Waals surface area contributed by atoms with E-state index in [1.54, 1.807) is 37.2 Å². The summed E-state index contributed by atoms with van der Waals surface area (Å²) in [6.07, 6.45) is -1.13. The van der Waals surface area contributed by atoms with E-state index in [2.05, 4.69) is 10.6 Å². The summed E-state index contributed by atoms with van der Waals surface area (Å²) in [5, 5.41) is 13.6. The van der Waals surface area contributed by atoms with Gasteiger partial charge in [0.15, 0.2) is 0 Å². The Hall–Kier alpha value is -2.08. The standard InChI is InChI=1S/C12H17N3O3/c1-8-4-5-9(13-12(17)18)6-10(8)14-11(16)7-15(2)3/h4-6,13H,7H2,1-3H3,(H,14,16)(H,17,18). The summed E-state index contributed by atoms with van der Waals surface area (Å²) in [4.78, 5) is 23.9. The number of hydrogen-bond acceptors (Lipinski definition) is 3. The highest BCUT2D eigenvalue weighted by molar-refractivity contribution is 5.94. The van der Waals surface area contributed by atoms with E-state index in [4.69, 9.17) is 5.11 Å². The van der Waals surface area contributed by atoms with Crippen molar-refractivity contribution in [2.45, 2.75) is 6.92 Å². The summed E-state index contributed by atoms with van der Waals surface area (Å²) in [6.45, 7) is 2.12. The van der Waals surface area contributed by atoms with Crippen molar-refractivity contribution in [3.05, 3.63) is 23.8 Å². The molecule has 0 heterocycles. The van der Waals surface area contributed by atoms with Crippen LogP contribution in [0.4, 0.5) is 16.2 Å². The zero-order chi connectivity index (χ0) is 13.7. The molecular weight excluding hydrogens is 234 g/mol. The summed E-state index contributed by atoms with van der Waals surface area (Å²) < 4.78 is 0. The monoisotopic (exact) mass is 251 g/mol. The van der Waals surface area contributed by atoms with Crippen LogP contribution in [0.2, 0.25) is 0 Å². The lowest BCUT2D eigenvalue weighted by atomic mass is 10.2. The third-order valence-electron chi connectivity index (χ3n) is 2.22. The molecule has 18 heavy (non-hydrogen) atoms. The molecule has 0 aliphatic carbocycles. The van der Waals surface area contributed by atoms with Gasteiger partial charge in [0.25, 0.3) is 0 Å². The number of rotatable bonds is 4. The van der Waals surface area contributed by atoms with Crippen LogP contribution in [0, 0.1) is 6.92 Å². The van der Waals surface area contributed by atoms with Gasteiger partial charge in [-0.05, 0) is 38.7 Å². The van der Waals surface area contributed by atoms with Gasteiger partial charge in [-0.2, -0.15) is 0 Å². The number of aryl methyl sites for hydroxylation is 1. The Morgan fingerprint density at radius 1 is 1.28 bits per heavy atom. The van der Waals surface area contributed by atoms with Crippen LogP contribution in [-0.4, -0.2) is 42.6 Å². The molecule has 0 unspecified atom stereocenters. The number of anilines is 2. The van der Waals surface area contributed by atoms with Gasteiger partial charge in [0.05, 0.1) is 6.54 Å². The maximum absolute atomic E-state index is 11.6. The number of benzene rings is 1. The molecule has 0 fully saturated rings. The van der Waals surface area contributed by atoms with Gasteiger partial charge in [0.1, 0.15) is 0 Å². The number of likely N-dealkylation sites (N-methyl/N-ethyl adjacent to an activating group) is 1. The second-order valence-electron chi connectivity index (χ2n) is 4.25. The van der Waals surface area contributed by atoms with Crippen LogP contribution >= 0.6 is 0 Å². The molecule has 1 rings (SSSR count). The largest absolute Gasteiger partial charge is 0.465 e. The van der Waals surface area contributed by atoms with Crippen molar-refractivity contribution in [1.29, 1.82) is 0 Å². The maximum Gasteiger partial charge on any atom is 0.409 e. The smallest absolute Gasteiger partial charge is 0.409 e. The summed E-state index contributed by atoms with van der Waals surface area (Å²) in [5.74, 6) is -0.143. The number of amides is 2. The third-order valence-corrected chi connectivity index (χ3v) is 2.22. The Balaban J connectivity index is 2.80. The molecule has 1 aromatic carbocycles. The molecule has 2 amide bonds. The first-order chi connectivity index (χ1) is 8.38. The molecule has 1 aromatic rings. The van der Waals surface area contributed by atoms with E-state index in [9.17, 15) is 9.59 Å². The van der Waals surface area contributed by atoms with Crippen molar-refractivity contribution >= 4 is 23.4 Å². The van der Waals surface area contributed by atoms with Crippen molar-refractivity contribution < 1.29 is 14.7 Å². The maximum atomic E-state index is 11.6. The Kier molecular flexibility index (Phi) is 4.67. The van der Waals surface area contributed by atoms with Gasteiger partial charge < -0.3 is 15.3 Å². The van der Waals surface area contributed by atoms with Crippen molar-refractivity contribution in [2.24, 2.45) is 0 Å². The van der Waals surface area contributed by atoms with Gasteiger partial charge in [-0.15, -0.1) is 0 Å².